The SMILES string of the molecule is O=C(N[C@H]1CCCNC1)c1ccnc2nc(CC3CC3)[nH]c12. The third kappa shape index (κ3) is 2.83. The summed E-state index contributed by atoms with van der Waals surface area (Å²) in [5.74, 6) is 1.67. The van der Waals surface area contributed by atoms with Crippen molar-refractivity contribution in [3.63, 3.8) is 0 Å². The smallest absolute Gasteiger partial charge is 0.253 e. The van der Waals surface area contributed by atoms with Crippen LogP contribution in [-0.2, 0) is 6.42 Å². The topological polar surface area (TPSA) is 82.7 Å². The number of aromatic amines is 1. The molecular weight excluding hydrogens is 278 g/mol. The average Bonchev–Trinajstić information content (AvgIpc) is 3.24. The largest absolute Gasteiger partial charge is 0.348 e. The summed E-state index contributed by atoms with van der Waals surface area (Å²) >= 11 is 0. The van der Waals surface area contributed by atoms with Gasteiger partial charge in [0.05, 0.1) is 11.1 Å². The van der Waals surface area contributed by atoms with E-state index in [-0.39, 0.29) is 11.9 Å². The molecule has 0 aromatic carbocycles. The van der Waals surface area contributed by atoms with Crippen molar-refractivity contribution in [2.75, 3.05) is 13.1 Å². The Bertz CT molecular complexity index is 685. The van der Waals surface area contributed by atoms with Crippen molar-refractivity contribution in [3.8, 4) is 0 Å². The highest BCUT2D eigenvalue weighted by molar-refractivity contribution is 6.04. The van der Waals surface area contributed by atoms with E-state index in [0.717, 1.165) is 49.6 Å². The summed E-state index contributed by atoms with van der Waals surface area (Å²) in [5, 5.41) is 6.43. The lowest BCUT2D eigenvalue weighted by Crippen LogP contribution is -2.45. The number of rotatable bonds is 4. The highest BCUT2D eigenvalue weighted by Crippen LogP contribution is 2.32. The number of hydrogen-bond donors (Lipinski definition) is 3. The monoisotopic (exact) mass is 299 g/mol. The molecule has 1 amide bonds. The zero-order chi connectivity index (χ0) is 14.9. The number of imidazole rings is 1. The van der Waals surface area contributed by atoms with Crippen LogP contribution in [0.4, 0.5) is 0 Å². The lowest BCUT2D eigenvalue weighted by atomic mass is 10.1. The van der Waals surface area contributed by atoms with E-state index >= 15 is 0 Å². The molecule has 1 atom stereocenters. The molecule has 2 aromatic rings. The summed E-state index contributed by atoms with van der Waals surface area (Å²) in [5.41, 5.74) is 2.05. The zero-order valence-electron chi connectivity index (χ0n) is 12.6. The summed E-state index contributed by atoms with van der Waals surface area (Å²) in [6.45, 7) is 1.88. The van der Waals surface area contributed by atoms with E-state index in [1.54, 1.807) is 12.3 Å². The van der Waals surface area contributed by atoms with Gasteiger partial charge in [0.15, 0.2) is 5.65 Å². The van der Waals surface area contributed by atoms with E-state index in [0.29, 0.717) is 11.2 Å². The molecule has 2 aromatic heterocycles. The lowest BCUT2D eigenvalue weighted by molar-refractivity contribution is 0.0932. The normalized spacial score (nSPS) is 21.9. The molecule has 6 nitrogen and oxygen atoms in total. The number of nitrogens with zero attached hydrogens (tertiary/aromatic N) is 2. The molecule has 2 aliphatic rings. The minimum atomic E-state index is -0.0391. The van der Waals surface area contributed by atoms with Gasteiger partial charge in [-0.05, 0) is 44.2 Å². The maximum atomic E-state index is 12.6. The van der Waals surface area contributed by atoms with E-state index in [2.05, 4.69) is 25.6 Å². The van der Waals surface area contributed by atoms with Gasteiger partial charge in [-0.25, -0.2) is 9.97 Å². The van der Waals surface area contributed by atoms with Gasteiger partial charge in [0.2, 0.25) is 0 Å². The van der Waals surface area contributed by atoms with Crippen LogP contribution < -0.4 is 10.6 Å². The molecule has 3 N–H and O–H groups in total. The predicted octanol–water partition coefficient (Wildman–Crippen LogP) is 1.39. The number of carbonyl (C=O) groups excluding carboxylic acids is 1. The predicted molar refractivity (Wildman–Crippen MR) is 83.7 cm³/mol. The molecule has 2 fully saturated rings. The van der Waals surface area contributed by atoms with E-state index in [9.17, 15) is 4.79 Å². The van der Waals surface area contributed by atoms with Crippen LogP contribution in [0, 0.1) is 5.92 Å². The van der Waals surface area contributed by atoms with Crippen LogP contribution in [0.15, 0.2) is 12.3 Å². The van der Waals surface area contributed by atoms with Gasteiger partial charge in [-0.3, -0.25) is 4.79 Å². The van der Waals surface area contributed by atoms with Crippen molar-refractivity contribution in [2.45, 2.75) is 38.1 Å². The quantitative estimate of drug-likeness (QED) is 0.797. The Hall–Kier alpha value is -1.95. The number of piperidine rings is 1. The fourth-order valence-electron chi connectivity index (χ4n) is 3.08. The van der Waals surface area contributed by atoms with Crippen LogP contribution in [0.3, 0.4) is 0 Å². The third-order valence-corrected chi connectivity index (χ3v) is 4.50. The molecule has 0 spiro atoms. The Morgan fingerprint density at radius 3 is 3.05 bits per heavy atom. The van der Waals surface area contributed by atoms with E-state index in [4.69, 9.17) is 0 Å². The average molecular weight is 299 g/mol. The first kappa shape index (κ1) is 13.7. The minimum absolute atomic E-state index is 0.0391. The van der Waals surface area contributed by atoms with E-state index in [1.807, 2.05) is 0 Å². The Morgan fingerprint density at radius 1 is 1.36 bits per heavy atom. The maximum absolute atomic E-state index is 12.6. The molecule has 4 rings (SSSR count). The molecule has 116 valence electrons. The highest BCUT2D eigenvalue weighted by atomic mass is 16.1. The number of hydrogen-bond acceptors (Lipinski definition) is 4. The molecular formula is C16H21N5O. The molecule has 0 bridgehead atoms. The summed E-state index contributed by atoms with van der Waals surface area (Å²) in [7, 11) is 0. The van der Waals surface area contributed by atoms with Crippen molar-refractivity contribution >= 4 is 17.1 Å². The number of carbonyl (C=O) groups is 1. The van der Waals surface area contributed by atoms with Crippen LogP contribution in [0.25, 0.3) is 11.2 Å². The second-order valence-electron chi connectivity index (χ2n) is 6.40. The van der Waals surface area contributed by atoms with Crippen LogP contribution >= 0.6 is 0 Å². The second-order valence-corrected chi connectivity index (χ2v) is 6.40. The Kier molecular flexibility index (Phi) is 3.54. The summed E-state index contributed by atoms with van der Waals surface area (Å²) in [6.07, 6.45) is 7.33. The van der Waals surface area contributed by atoms with Gasteiger partial charge in [-0.1, -0.05) is 0 Å². The van der Waals surface area contributed by atoms with Gasteiger partial charge in [0.1, 0.15) is 5.82 Å². The van der Waals surface area contributed by atoms with Crippen molar-refractivity contribution in [3.05, 3.63) is 23.7 Å². The van der Waals surface area contributed by atoms with Crippen molar-refractivity contribution < 1.29 is 4.79 Å². The molecule has 6 heteroatoms. The highest BCUT2D eigenvalue weighted by Gasteiger charge is 2.24. The fourth-order valence-corrected chi connectivity index (χ4v) is 3.08. The van der Waals surface area contributed by atoms with Crippen LogP contribution in [0.1, 0.15) is 41.9 Å². The number of pyridine rings is 1. The lowest BCUT2D eigenvalue weighted by Gasteiger charge is -2.23. The zero-order valence-corrected chi connectivity index (χ0v) is 12.6. The van der Waals surface area contributed by atoms with Gasteiger partial charge in [0, 0.05) is 25.2 Å². The first-order valence-corrected chi connectivity index (χ1v) is 8.15. The fraction of sp³-hybridized carbons (Fsp3) is 0.562. The number of aromatic nitrogens is 3. The Balaban J connectivity index is 1.56. The molecule has 1 saturated carbocycles. The first-order chi connectivity index (χ1) is 10.8. The van der Waals surface area contributed by atoms with Gasteiger partial charge in [0.25, 0.3) is 5.91 Å². The van der Waals surface area contributed by atoms with Crippen molar-refractivity contribution in [1.82, 2.24) is 25.6 Å². The molecule has 0 unspecified atom stereocenters. The number of amides is 1. The number of fused-ring (bicyclic) bond motifs is 1. The Labute approximate surface area is 129 Å². The maximum Gasteiger partial charge on any atom is 0.253 e. The number of H-pyrrole nitrogens is 1. The van der Waals surface area contributed by atoms with Gasteiger partial charge < -0.3 is 15.6 Å². The molecule has 22 heavy (non-hydrogen) atoms. The second kappa shape index (κ2) is 5.68. The number of nitrogens with one attached hydrogen (secondary N) is 3. The Morgan fingerprint density at radius 2 is 2.27 bits per heavy atom. The van der Waals surface area contributed by atoms with Crippen molar-refractivity contribution in [1.29, 1.82) is 0 Å². The standard InChI is InChI=1S/C16H21N5O/c22-16(19-11-2-1-6-17-9-11)12-5-7-18-15-14(12)20-13(21-15)8-10-3-4-10/h5,7,10-11,17H,1-4,6,8-9H2,(H,19,22)(H,18,20,21)/t11-/m0/s1. The minimum Gasteiger partial charge on any atom is -0.348 e. The first-order valence-electron chi connectivity index (χ1n) is 8.15. The third-order valence-electron chi connectivity index (χ3n) is 4.50. The van der Waals surface area contributed by atoms with Gasteiger partial charge in [-0.2, -0.15) is 0 Å². The van der Waals surface area contributed by atoms with Crippen molar-refractivity contribution in [2.24, 2.45) is 5.92 Å². The van der Waals surface area contributed by atoms with Gasteiger partial charge in [-0.15, -0.1) is 0 Å². The molecule has 0 radical (unpaired) electrons. The molecule has 1 aliphatic carbocycles. The molecule has 3 heterocycles. The summed E-state index contributed by atoms with van der Waals surface area (Å²) in [6, 6.07) is 1.98. The molecule has 1 saturated heterocycles. The summed E-state index contributed by atoms with van der Waals surface area (Å²) < 4.78 is 0. The van der Waals surface area contributed by atoms with E-state index < -0.39 is 0 Å². The van der Waals surface area contributed by atoms with Crippen LogP contribution in [0.2, 0.25) is 0 Å². The van der Waals surface area contributed by atoms with Gasteiger partial charge >= 0.3 is 0 Å². The van der Waals surface area contributed by atoms with Crippen LogP contribution in [-0.4, -0.2) is 40.0 Å². The summed E-state index contributed by atoms with van der Waals surface area (Å²) in [4.78, 5) is 24.7. The molecule has 1 aliphatic heterocycles. The van der Waals surface area contributed by atoms with E-state index in [1.165, 1.54) is 12.8 Å². The van der Waals surface area contributed by atoms with Crippen LogP contribution in [0.5, 0.6) is 0 Å².